The number of benzene rings is 1. The van der Waals surface area contributed by atoms with Gasteiger partial charge in [0.15, 0.2) is 5.75 Å². The first-order chi connectivity index (χ1) is 4.74. The molecule has 0 spiro atoms. The van der Waals surface area contributed by atoms with Gasteiger partial charge in [-0.3, -0.25) is 6.58 Å². The first-order valence-electron chi connectivity index (χ1n) is 2.81. The van der Waals surface area contributed by atoms with Crippen LogP contribution in [-0.2, 0) is 36.5 Å². The largest absolute Gasteiger partial charge is 0.506 e. The molecule has 2 nitrogen and oxygen atoms in total. The van der Waals surface area contributed by atoms with E-state index in [4.69, 9.17) is 16.8 Å². The van der Waals surface area contributed by atoms with Crippen LogP contribution in [0.5, 0.6) is 11.5 Å². The molecule has 0 atom stereocenters. The van der Waals surface area contributed by atoms with Crippen molar-refractivity contribution in [3.8, 4) is 11.5 Å². The van der Waals surface area contributed by atoms with Crippen LogP contribution in [0.3, 0.4) is 0 Å². The Hall–Kier alpha value is -0.297. The maximum absolute atomic E-state index is 8.91. The summed E-state index contributed by atoms with van der Waals surface area (Å²) in [5.74, 6) is -0.287. The first kappa shape index (κ1) is 14.2. The van der Waals surface area contributed by atoms with E-state index in [0.717, 1.165) is 0 Å². The smallest absolute Gasteiger partial charge is 0.154 e. The Morgan fingerprint density at radius 1 is 1.17 bits per heavy atom. The van der Waals surface area contributed by atoms with Gasteiger partial charge in [-0.25, -0.2) is 6.08 Å². The van der Waals surface area contributed by atoms with Crippen molar-refractivity contribution < 1.29 is 46.8 Å². The van der Waals surface area contributed by atoms with Crippen LogP contribution in [0.15, 0.2) is 18.2 Å². The second kappa shape index (κ2) is 6.24. The molecule has 0 aromatic heterocycles. The molecule has 1 aromatic rings. The summed E-state index contributed by atoms with van der Waals surface area (Å²) >= 11 is 0. The summed E-state index contributed by atoms with van der Waals surface area (Å²) in [6, 6.07) is 4.37. The van der Waals surface area contributed by atoms with Crippen LogP contribution in [0.2, 0.25) is 0 Å². The zero-order valence-corrected chi connectivity index (χ0v) is 10.5. The molecule has 0 unspecified atom stereocenters. The van der Waals surface area contributed by atoms with Crippen molar-refractivity contribution in [2.45, 2.75) is 0 Å². The van der Waals surface area contributed by atoms with Gasteiger partial charge in [0.2, 0.25) is 0 Å². The Balaban J connectivity index is 0. The van der Waals surface area contributed by atoms with Gasteiger partial charge in [-0.1, -0.05) is 6.07 Å². The van der Waals surface area contributed by atoms with Gasteiger partial charge in [0.05, 0.1) is 0 Å². The molecule has 0 amide bonds. The molecule has 4 heteroatoms. The minimum atomic E-state index is -0.154. The Morgan fingerprint density at radius 2 is 1.75 bits per heavy atom. The van der Waals surface area contributed by atoms with Crippen LogP contribution in [0.1, 0.15) is 5.56 Å². The van der Waals surface area contributed by atoms with Gasteiger partial charge in [-0.05, 0) is 6.07 Å². The molecule has 0 bridgehead atoms. The van der Waals surface area contributed by atoms with Crippen LogP contribution < -0.4 is 0 Å². The molecule has 0 saturated carbocycles. The van der Waals surface area contributed by atoms with E-state index in [2.05, 4.69) is 0 Å². The molecule has 0 aliphatic carbocycles. The van der Waals surface area contributed by atoms with E-state index < -0.39 is 0 Å². The second-order valence-electron chi connectivity index (χ2n) is 1.91. The standard InChI is InChI=1S/C8H7O2.Mn.Zn/c1-2-6-3-4-7(9)8(10)5-6;;/h1-5,9-10H;;/q-1;;. The van der Waals surface area contributed by atoms with Crippen molar-refractivity contribution in [2.24, 2.45) is 0 Å². The molecule has 12 heavy (non-hydrogen) atoms. The van der Waals surface area contributed by atoms with E-state index in [1.165, 1.54) is 18.2 Å². The van der Waals surface area contributed by atoms with Crippen molar-refractivity contribution in [3.63, 3.8) is 0 Å². The summed E-state index contributed by atoms with van der Waals surface area (Å²) < 4.78 is 0. The number of aromatic hydroxyl groups is 2. The molecular formula is C8H7MnO2Zn-. The van der Waals surface area contributed by atoms with Crippen LogP contribution in [-0.4, -0.2) is 10.2 Å². The Kier molecular flexibility index (Phi) is 7.41. The molecule has 0 aliphatic heterocycles. The predicted molar refractivity (Wildman–Crippen MR) is 38.5 cm³/mol. The summed E-state index contributed by atoms with van der Waals surface area (Å²) in [5.41, 5.74) is 0.676. The molecule has 61 valence electrons. The van der Waals surface area contributed by atoms with Gasteiger partial charge >= 0.3 is 0 Å². The number of phenolic OH excluding ortho intramolecular Hbond substituents is 2. The Morgan fingerprint density at radius 3 is 2.17 bits per heavy atom. The zero-order valence-electron chi connectivity index (χ0n) is 6.37. The third-order valence-electron chi connectivity index (χ3n) is 1.19. The molecule has 1 aromatic carbocycles. The van der Waals surface area contributed by atoms with Gasteiger partial charge in [-0.2, -0.15) is 5.56 Å². The summed E-state index contributed by atoms with van der Waals surface area (Å²) in [5, 5.41) is 17.7. The number of hydrogen-bond acceptors (Lipinski definition) is 2. The third kappa shape index (κ3) is 3.40. The fraction of sp³-hybridized carbons (Fsp3) is 0. The molecule has 2 N–H and O–H groups in total. The van der Waals surface area contributed by atoms with Crippen molar-refractivity contribution in [3.05, 3.63) is 30.3 Å². The van der Waals surface area contributed by atoms with E-state index >= 15 is 0 Å². The molecule has 0 heterocycles. The summed E-state index contributed by atoms with van der Waals surface area (Å²) in [6.45, 7) is 5.15. The maximum atomic E-state index is 8.91. The minimum Gasteiger partial charge on any atom is -0.506 e. The topological polar surface area (TPSA) is 40.5 Å². The second-order valence-corrected chi connectivity index (χ2v) is 1.91. The van der Waals surface area contributed by atoms with E-state index in [1.54, 1.807) is 6.07 Å². The number of phenols is 2. The van der Waals surface area contributed by atoms with Crippen LogP contribution in [0.4, 0.5) is 0 Å². The molecule has 0 saturated heterocycles. The van der Waals surface area contributed by atoms with Crippen LogP contribution in [0.25, 0.3) is 6.08 Å². The van der Waals surface area contributed by atoms with E-state index in [1.807, 2.05) is 0 Å². The number of rotatable bonds is 1. The van der Waals surface area contributed by atoms with Gasteiger partial charge < -0.3 is 10.2 Å². The average Bonchev–Trinajstić information content (AvgIpc) is 1.95. The molecular weight excluding hydrogens is 248 g/mol. The SMILES string of the molecule is [CH-]=Cc1ccc(O)c(O)c1.[Mn].[Zn]. The van der Waals surface area contributed by atoms with Crippen LogP contribution >= 0.6 is 0 Å². The zero-order chi connectivity index (χ0) is 7.56. The van der Waals surface area contributed by atoms with E-state index in [0.29, 0.717) is 5.56 Å². The van der Waals surface area contributed by atoms with Crippen molar-refractivity contribution in [1.29, 1.82) is 0 Å². The molecule has 0 aliphatic rings. The monoisotopic (exact) mass is 254 g/mol. The predicted octanol–water partition coefficient (Wildman–Crippen LogP) is 1.54. The van der Waals surface area contributed by atoms with Gasteiger partial charge in [0, 0.05) is 36.5 Å². The Bertz CT molecular complexity index is 263. The van der Waals surface area contributed by atoms with Crippen molar-refractivity contribution >= 4 is 6.08 Å². The molecule has 0 fully saturated rings. The van der Waals surface area contributed by atoms with E-state index in [9.17, 15) is 0 Å². The first-order valence-corrected chi connectivity index (χ1v) is 2.81. The average molecular weight is 255 g/mol. The summed E-state index contributed by atoms with van der Waals surface area (Å²) in [6.07, 6.45) is 1.35. The van der Waals surface area contributed by atoms with Gasteiger partial charge in [0.1, 0.15) is 5.75 Å². The van der Waals surface area contributed by atoms with E-state index in [-0.39, 0.29) is 48.0 Å². The minimum absolute atomic E-state index is 0. The van der Waals surface area contributed by atoms with Gasteiger partial charge in [-0.15, -0.1) is 6.07 Å². The quantitative estimate of drug-likeness (QED) is 0.454. The maximum Gasteiger partial charge on any atom is 0.154 e. The fourth-order valence-electron chi connectivity index (χ4n) is 0.644. The third-order valence-corrected chi connectivity index (χ3v) is 1.19. The van der Waals surface area contributed by atoms with Crippen molar-refractivity contribution in [2.75, 3.05) is 0 Å². The normalized spacial score (nSPS) is 7.67. The fourth-order valence-corrected chi connectivity index (χ4v) is 0.644. The molecule has 1 radical (unpaired) electrons. The Labute approximate surface area is 94.5 Å². The van der Waals surface area contributed by atoms with Crippen molar-refractivity contribution in [1.82, 2.24) is 0 Å². The number of hydrogen-bond donors (Lipinski definition) is 2. The summed E-state index contributed by atoms with van der Waals surface area (Å²) in [4.78, 5) is 0. The van der Waals surface area contributed by atoms with Gasteiger partial charge in [0.25, 0.3) is 0 Å². The van der Waals surface area contributed by atoms with Crippen LogP contribution in [0, 0.1) is 6.58 Å². The summed E-state index contributed by atoms with van der Waals surface area (Å²) in [7, 11) is 0. The molecule has 1 rings (SSSR count).